The van der Waals surface area contributed by atoms with Crippen LogP contribution in [0, 0.1) is 19.8 Å². The lowest BCUT2D eigenvalue weighted by atomic mass is 10.1. The molecule has 0 aromatic heterocycles. The number of rotatable bonds is 12. The minimum Gasteiger partial charge on any atom is -0.253 e. The van der Waals surface area contributed by atoms with E-state index in [0.717, 1.165) is 46.6 Å². The Bertz CT molecular complexity index is 827. The van der Waals surface area contributed by atoms with Gasteiger partial charge in [0.2, 0.25) is 0 Å². The molecule has 162 valence electrons. The molecule has 30 heavy (non-hydrogen) atoms. The first-order chi connectivity index (χ1) is 14.5. The normalized spacial score (nSPS) is 19.2. The van der Waals surface area contributed by atoms with Gasteiger partial charge in [0.25, 0.3) is 0 Å². The fourth-order valence-electron chi connectivity index (χ4n) is 4.06. The van der Waals surface area contributed by atoms with Crippen molar-refractivity contribution in [1.82, 2.24) is 0 Å². The molecule has 1 aliphatic carbocycles. The van der Waals surface area contributed by atoms with Gasteiger partial charge in [-0.3, -0.25) is 8.42 Å². The summed E-state index contributed by atoms with van der Waals surface area (Å²) in [7, 11) is -2.56. The predicted octanol–water partition coefficient (Wildman–Crippen LogP) is 6.85. The standard InChI is InChI=1S/C26H34O2S2/c1-4-5-6-7-8-9-10-11-23-20-26(23,29(27)24-16-12-21(2)13-17-24)30(28)25-18-14-22(3)15-19-25/h4,12-19,23H,1,5-11,20H2,2-3H3/t23-,29+,30+/m1/s1. The molecule has 0 spiro atoms. The summed E-state index contributed by atoms with van der Waals surface area (Å²) in [5.41, 5.74) is 2.29. The second-order valence-corrected chi connectivity index (χ2v) is 12.2. The maximum Gasteiger partial charge on any atom is 0.133 e. The van der Waals surface area contributed by atoms with Crippen molar-refractivity contribution in [2.75, 3.05) is 0 Å². The van der Waals surface area contributed by atoms with Crippen LogP contribution in [-0.2, 0) is 21.6 Å². The summed E-state index contributed by atoms with van der Waals surface area (Å²) in [6.45, 7) is 7.84. The Kier molecular flexibility index (Phi) is 8.24. The van der Waals surface area contributed by atoms with Crippen LogP contribution in [0.15, 0.2) is 71.0 Å². The molecule has 3 rings (SSSR count). The Hall–Kier alpha value is -1.52. The van der Waals surface area contributed by atoms with Gasteiger partial charge < -0.3 is 0 Å². The van der Waals surface area contributed by atoms with Gasteiger partial charge in [0.15, 0.2) is 0 Å². The third kappa shape index (κ3) is 5.39. The molecule has 0 saturated heterocycles. The highest BCUT2D eigenvalue weighted by molar-refractivity contribution is 8.04. The van der Waals surface area contributed by atoms with Gasteiger partial charge in [-0.2, -0.15) is 0 Å². The van der Waals surface area contributed by atoms with Crippen LogP contribution in [0.2, 0.25) is 0 Å². The summed E-state index contributed by atoms with van der Waals surface area (Å²) in [4.78, 5) is 1.60. The molecule has 0 unspecified atom stereocenters. The maximum absolute atomic E-state index is 13.6. The Morgan fingerprint density at radius 3 is 1.80 bits per heavy atom. The first-order valence-corrected chi connectivity index (χ1v) is 13.4. The van der Waals surface area contributed by atoms with E-state index in [1.54, 1.807) is 0 Å². The quantitative estimate of drug-likeness (QED) is 0.266. The lowest BCUT2D eigenvalue weighted by molar-refractivity contribution is 0.568. The molecule has 0 bridgehead atoms. The molecule has 0 radical (unpaired) electrons. The zero-order valence-corrected chi connectivity index (χ0v) is 19.9. The summed E-state index contributed by atoms with van der Waals surface area (Å²) in [6, 6.07) is 15.7. The second kappa shape index (κ2) is 10.7. The van der Waals surface area contributed by atoms with Crippen LogP contribution in [0.5, 0.6) is 0 Å². The third-order valence-corrected chi connectivity index (χ3v) is 10.6. The van der Waals surface area contributed by atoms with Crippen LogP contribution in [0.4, 0.5) is 0 Å². The zero-order valence-electron chi connectivity index (χ0n) is 18.3. The topological polar surface area (TPSA) is 34.1 Å². The van der Waals surface area contributed by atoms with Crippen LogP contribution in [0.1, 0.15) is 62.5 Å². The van der Waals surface area contributed by atoms with Gasteiger partial charge in [-0.1, -0.05) is 67.2 Å². The van der Waals surface area contributed by atoms with Gasteiger partial charge in [-0.25, -0.2) is 0 Å². The molecule has 1 aliphatic rings. The number of hydrogen-bond acceptors (Lipinski definition) is 2. The first-order valence-electron chi connectivity index (χ1n) is 11.1. The Balaban J connectivity index is 1.71. The smallest absolute Gasteiger partial charge is 0.133 e. The lowest BCUT2D eigenvalue weighted by Crippen LogP contribution is -2.26. The average molecular weight is 443 g/mol. The van der Waals surface area contributed by atoms with Gasteiger partial charge >= 0.3 is 0 Å². The number of unbranched alkanes of at least 4 members (excludes halogenated alkanes) is 5. The number of aryl methyl sites for hydroxylation is 2. The van der Waals surface area contributed by atoms with Crippen LogP contribution >= 0.6 is 0 Å². The summed E-state index contributed by atoms with van der Waals surface area (Å²) in [5, 5.41) is 0. The zero-order chi connectivity index (χ0) is 21.6. The average Bonchev–Trinajstić information content (AvgIpc) is 3.48. The highest BCUT2D eigenvalue weighted by Gasteiger charge is 2.63. The molecular formula is C26H34O2S2. The van der Waals surface area contributed by atoms with Crippen molar-refractivity contribution in [2.45, 2.75) is 79.1 Å². The number of benzene rings is 2. The molecule has 2 aromatic carbocycles. The van der Waals surface area contributed by atoms with Crippen molar-refractivity contribution in [2.24, 2.45) is 5.92 Å². The molecule has 0 aliphatic heterocycles. The van der Waals surface area contributed by atoms with E-state index in [0.29, 0.717) is 0 Å². The second-order valence-electron chi connectivity index (χ2n) is 8.51. The SMILES string of the molecule is C=CCCCCCCC[C@@H]1CC1([S@@](=O)c1ccc(C)cc1)[S@@](=O)c1ccc(C)cc1. The van der Waals surface area contributed by atoms with Crippen LogP contribution < -0.4 is 0 Å². The van der Waals surface area contributed by atoms with E-state index in [2.05, 4.69) is 6.58 Å². The molecule has 2 nitrogen and oxygen atoms in total. The van der Waals surface area contributed by atoms with Crippen LogP contribution in [0.25, 0.3) is 0 Å². The lowest BCUT2D eigenvalue weighted by Gasteiger charge is -2.18. The van der Waals surface area contributed by atoms with Crippen molar-refractivity contribution in [3.05, 3.63) is 72.3 Å². The molecular weight excluding hydrogens is 408 g/mol. The van der Waals surface area contributed by atoms with Gasteiger partial charge in [0, 0.05) is 9.79 Å². The van der Waals surface area contributed by atoms with E-state index < -0.39 is 25.7 Å². The van der Waals surface area contributed by atoms with E-state index in [1.165, 1.54) is 25.7 Å². The van der Waals surface area contributed by atoms with Gasteiger partial charge in [0.1, 0.15) is 4.08 Å². The van der Waals surface area contributed by atoms with E-state index in [1.807, 2.05) is 68.5 Å². The molecule has 0 amide bonds. The van der Waals surface area contributed by atoms with Crippen molar-refractivity contribution in [1.29, 1.82) is 0 Å². The minimum absolute atomic E-state index is 0.259. The molecule has 4 heteroatoms. The van der Waals surface area contributed by atoms with E-state index in [4.69, 9.17) is 0 Å². The Morgan fingerprint density at radius 1 is 0.833 bits per heavy atom. The third-order valence-electron chi connectivity index (χ3n) is 6.05. The Labute approximate surface area is 187 Å². The minimum atomic E-state index is -1.28. The highest BCUT2D eigenvalue weighted by Crippen LogP contribution is 2.57. The van der Waals surface area contributed by atoms with E-state index in [9.17, 15) is 8.42 Å². The van der Waals surface area contributed by atoms with E-state index in [-0.39, 0.29) is 5.92 Å². The van der Waals surface area contributed by atoms with Gasteiger partial charge in [-0.05, 0) is 69.7 Å². The van der Waals surface area contributed by atoms with E-state index >= 15 is 0 Å². The largest absolute Gasteiger partial charge is 0.253 e. The molecule has 0 N–H and O–H groups in total. The summed E-state index contributed by atoms with van der Waals surface area (Å²) in [6.07, 6.45) is 10.9. The fraction of sp³-hybridized carbons (Fsp3) is 0.462. The van der Waals surface area contributed by atoms with Crippen molar-refractivity contribution < 1.29 is 8.42 Å². The first kappa shape index (κ1) is 23.1. The Morgan fingerprint density at radius 2 is 1.30 bits per heavy atom. The molecule has 2 aromatic rings. The summed E-state index contributed by atoms with van der Waals surface area (Å²) >= 11 is 0. The molecule has 3 atom stereocenters. The fourth-order valence-corrected chi connectivity index (χ4v) is 8.30. The maximum atomic E-state index is 13.6. The monoisotopic (exact) mass is 442 g/mol. The van der Waals surface area contributed by atoms with Crippen molar-refractivity contribution in [3.63, 3.8) is 0 Å². The van der Waals surface area contributed by atoms with Gasteiger partial charge in [-0.15, -0.1) is 6.58 Å². The highest BCUT2D eigenvalue weighted by atomic mass is 32.2. The van der Waals surface area contributed by atoms with Crippen LogP contribution in [0.3, 0.4) is 0 Å². The van der Waals surface area contributed by atoms with Crippen molar-refractivity contribution >= 4 is 21.6 Å². The van der Waals surface area contributed by atoms with Gasteiger partial charge in [0.05, 0.1) is 21.6 Å². The summed E-state index contributed by atoms with van der Waals surface area (Å²) < 4.78 is 26.7. The molecule has 1 fully saturated rings. The molecule has 1 saturated carbocycles. The van der Waals surface area contributed by atoms with Crippen molar-refractivity contribution in [3.8, 4) is 0 Å². The number of hydrogen-bond donors (Lipinski definition) is 0. The molecule has 0 heterocycles. The summed E-state index contributed by atoms with van der Waals surface area (Å²) in [5.74, 6) is 0.259. The predicted molar refractivity (Wildman–Crippen MR) is 129 cm³/mol. The van der Waals surface area contributed by atoms with Crippen LogP contribution in [-0.4, -0.2) is 12.5 Å². The number of allylic oxidation sites excluding steroid dienone is 1.